The zero-order valence-electron chi connectivity index (χ0n) is 19.8. The van der Waals surface area contributed by atoms with Gasteiger partial charge in [-0.1, -0.05) is 41.9 Å². The molecule has 4 rings (SSSR count). The van der Waals surface area contributed by atoms with E-state index in [2.05, 4.69) is 20.5 Å². The maximum atomic E-state index is 6.46. The molecule has 1 saturated carbocycles. The van der Waals surface area contributed by atoms with E-state index >= 15 is 0 Å². The summed E-state index contributed by atoms with van der Waals surface area (Å²) in [6.45, 7) is 2.23. The van der Waals surface area contributed by atoms with E-state index in [1.165, 1.54) is 24.3 Å². The lowest BCUT2D eigenvalue weighted by atomic mass is 9.98. The highest BCUT2D eigenvalue weighted by Crippen LogP contribution is 2.26. The predicted octanol–water partition coefficient (Wildman–Crippen LogP) is 3.62. The summed E-state index contributed by atoms with van der Waals surface area (Å²) in [6, 6.07) is 14.1. The lowest BCUT2D eigenvalue weighted by molar-refractivity contribution is 0.153. The second-order valence-electron chi connectivity index (χ2n) is 8.65. The molecule has 0 radical (unpaired) electrons. The Labute approximate surface area is 200 Å². The summed E-state index contributed by atoms with van der Waals surface area (Å²) >= 11 is 0. The van der Waals surface area contributed by atoms with Crippen LogP contribution in [0.4, 0.5) is 6.01 Å². The van der Waals surface area contributed by atoms with Crippen LogP contribution < -0.4 is 21.6 Å². The number of nitrogens with two attached hydrogens (primary N) is 2. The average Bonchev–Trinajstić information content (AvgIpc) is 3.28. The Morgan fingerprint density at radius 2 is 1.88 bits per heavy atom. The van der Waals surface area contributed by atoms with Crippen molar-refractivity contribution in [1.29, 1.82) is 0 Å². The minimum atomic E-state index is 0.268. The van der Waals surface area contributed by atoms with Gasteiger partial charge in [0.1, 0.15) is 5.75 Å². The van der Waals surface area contributed by atoms with E-state index in [-0.39, 0.29) is 6.10 Å². The van der Waals surface area contributed by atoms with E-state index in [1.807, 2.05) is 49.4 Å². The van der Waals surface area contributed by atoms with Crippen LogP contribution in [0.15, 0.2) is 52.6 Å². The fourth-order valence-electron chi connectivity index (χ4n) is 4.07. The Bertz CT molecular complexity index is 1110. The molecule has 2 heterocycles. The first-order chi connectivity index (χ1) is 16.5. The van der Waals surface area contributed by atoms with E-state index in [1.54, 1.807) is 7.05 Å². The van der Waals surface area contributed by atoms with E-state index in [9.17, 15) is 0 Å². The second-order valence-corrected chi connectivity index (χ2v) is 8.65. The number of rotatable bonds is 9. The molecule has 0 aliphatic heterocycles. The third kappa shape index (κ3) is 6.05. The SMILES string of the molecule is Cc1nc(/C(N)=C(\CNc2nnc(Cc3ccccc3)o2)N(C)N)ccc1OC1CCCCC1. The van der Waals surface area contributed by atoms with Crippen molar-refractivity contribution < 1.29 is 9.15 Å². The third-order valence-electron chi connectivity index (χ3n) is 5.97. The van der Waals surface area contributed by atoms with Crippen LogP contribution in [-0.2, 0) is 6.42 Å². The number of nitrogens with zero attached hydrogens (tertiary/aromatic N) is 4. The maximum Gasteiger partial charge on any atom is 0.315 e. The van der Waals surface area contributed by atoms with E-state index in [4.69, 9.17) is 20.7 Å². The van der Waals surface area contributed by atoms with E-state index < -0.39 is 0 Å². The van der Waals surface area contributed by atoms with Gasteiger partial charge in [-0.15, -0.1) is 5.10 Å². The number of benzene rings is 1. The van der Waals surface area contributed by atoms with Crippen molar-refractivity contribution in [2.45, 2.75) is 51.6 Å². The third-order valence-corrected chi connectivity index (χ3v) is 5.97. The lowest BCUT2D eigenvalue weighted by Crippen LogP contribution is -2.32. The highest BCUT2D eigenvalue weighted by Gasteiger charge is 2.18. The summed E-state index contributed by atoms with van der Waals surface area (Å²) in [5.74, 6) is 7.41. The summed E-state index contributed by atoms with van der Waals surface area (Å²) in [5, 5.41) is 12.8. The number of nitrogens with one attached hydrogen (secondary N) is 1. The molecule has 9 nitrogen and oxygen atoms in total. The molecule has 1 aliphatic rings. The molecule has 0 spiro atoms. The molecule has 0 bridgehead atoms. The van der Waals surface area contributed by atoms with Crippen molar-refractivity contribution in [2.75, 3.05) is 18.9 Å². The maximum absolute atomic E-state index is 6.46. The molecule has 0 saturated heterocycles. The second kappa shape index (κ2) is 11.0. The minimum absolute atomic E-state index is 0.268. The number of hydrogen-bond acceptors (Lipinski definition) is 9. The molecule has 180 valence electrons. The van der Waals surface area contributed by atoms with Crippen LogP contribution >= 0.6 is 0 Å². The quantitative estimate of drug-likeness (QED) is 0.322. The number of aromatic nitrogens is 3. The largest absolute Gasteiger partial charge is 0.489 e. The molecule has 9 heteroatoms. The monoisotopic (exact) mass is 463 g/mol. The lowest BCUT2D eigenvalue weighted by Gasteiger charge is -2.24. The Morgan fingerprint density at radius 3 is 2.59 bits per heavy atom. The first-order valence-electron chi connectivity index (χ1n) is 11.7. The normalized spacial score (nSPS) is 15.0. The summed E-state index contributed by atoms with van der Waals surface area (Å²) in [7, 11) is 1.73. The van der Waals surface area contributed by atoms with Gasteiger partial charge in [0.05, 0.1) is 41.9 Å². The summed E-state index contributed by atoms with van der Waals surface area (Å²) in [6.07, 6.45) is 6.76. The van der Waals surface area contributed by atoms with Gasteiger partial charge >= 0.3 is 6.01 Å². The molecule has 1 aromatic carbocycles. The Hall–Kier alpha value is -3.59. The summed E-state index contributed by atoms with van der Waals surface area (Å²) < 4.78 is 11.9. The van der Waals surface area contributed by atoms with Gasteiger partial charge in [-0.3, -0.25) is 0 Å². The van der Waals surface area contributed by atoms with Crippen molar-refractivity contribution in [3.8, 4) is 5.75 Å². The number of ether oxygens (including phenoxy) is 1. The predicted molar refractivity (Wildman–Crippen MR) is 132 cm³/mol. The first-order valence-corrected chi connectivity index (χ1v) is 11.7. The number of aryl methyl sites for hydroxylation is 1. The fourth-order valence-corrected chi connectivity index (χ4v) is 4.07. The zero-order valence-corrected chi connectivity index (χ0v) is 19.8. The fraction of sp³-hybridized carbons (Fsp3) is 0.400. The van der Waals surface area contributed by atoms with Gasteiger partial charge < -0.3 is 25.2 Å². The van der Waals surface area contributed by atoms with Gasteiger partial charge in [-0.2, -0.15) is 0 Å². The number of anilines is 1. The molecule has 1 aliphatic carbocycles. The van der Waals surface area contributed by atoms with E-state index in [0.29, 0.717) is 42.0 Å². The number of likely N-dealkylation sites (N-methyl/N-ethyl adjacent to an activating group) is 1. The highest BCUT2D eigenvalue weighted by atomic mass is 16.5. The molecule has 0 unspecified atom stereocenters. The molecule has 0 amide bonds. The summed E-state index contributed by atoms with van der Waals surface area (Å²) in [4.78, 5) is 4.68. The van der Waals surface area contributed by atoms with Crippen LogP contribution in [0.1, 0.15) is 54.9 Å². The average molecular weight is 464 g/mol. The first kappa shape index (κ1) is 23.6. The van der Waals surface area contributed by atoms with Gasteiger partial charge in [-0.05, 0) is 50.3 Å². The molecule has 3 aromatic rings. The van der Waals surface area contributed by atoms with Gasteiger partial charge in [0.25, 0.3) is 0 Å². The van der Waals surface area contributed by atoms with Gasteiger partial charge in [0.2, 0.25) is 5.89 Å². The zero-order chi connectivity index (χ0) is 23.9. The molecule has 2 aromatic heterocycles. The van der Waals surface area contributed by atoms with Gasteiger partial charge in [-0.25, -0.2) is 10.8 Å². The van der Waals surface area contributed by atoms with Crippen LogP contribution in [0.3, 0.4) is 0 Å². The molecule has 5 N–H and O–H groups in total. The molecular weight excluding hydrogens is 430 g/mol. The van der Waals surface area contributed by atoms with Crippen LogP contribution in [0.5, 0.6) is 5.75 Å². The van der Waals surface area contributed by atoms with Crippen molar-refractivity contribution in [1.82, 2.24) is 20.2 Å². The van der Waals surface area contributed by atoms with Crippen LogP contribution in [-0.4, -0.2) is 39.9 Å². The molecule has 34 heavy (non-hydrogen) atoms. The molecular formula is C25H33N7O2. The number of pyridine rings is 1. The van der Waals surface area contributed by atoms with Crippen molar-refractivity contribution >= 4 is 11.7 Å². The van der Waals surface area contributed by atoms with Gasteiger partial charge in [0.15, 0.2) is 0 Å². The van der Waals surface area contributed by atoms with Gasteiger partial charge in [0, 0.05) is 7.05 Å². The standard InChI is InChI=1S/C25H33N7O2/c1-17-22(33-19-11-7-4-8-12-19)14-13-20(29-17)24(26)21(32(2)27)16-28-25-31-30-23(34-25)15-18-9-5-3-6-10-18/h3,5-6,9-10,13-14,19H,4,7-8,11-12,15-16,26-27H2,1-2H3,(H,28,31)/b24-21-. The smallest absolute Gasteiger partial charge is 0.315 e. The van der Waals surface area contributed by atoms with E-state index in [0.717, 1.165) is 29.8 Å². The van der Waals surface area contributed by atoms with Crippen molar-refractivity contribution in [2.24, 2.45) is 11.6 Å². The van der Waals surface area contributed by atoms with Crippen LogP contribution in [0, 0.1) is 6.92 Å². The Morgan fingerprint density at radius 1 is 1.12 bits per heavy atom. The molecule has 1 fully saturated rings. The Balaban J connectivity index is 1.43. The number of hydrogen-bond donors (Lipinski definition) is 3. The van der Waals surface area contributed by atoms with Crippen LogP contribution in [0.2, 0.25) is 0 Å². The minimum Gasteiger partial charge on any atom is -0.489 e. The summed E-state index contributed by atoms with van der Waals surface area (Å²) in [5.41, 5.74) is 10.1. The Kier molecular flexibility index (Phi) is 7.64. The topological polar surface area (TPSA) is 128 Å². The van der Waals surface area contributed by atoms with Crippen molar-refractivity contribution in [3.05, 3.63) is 71.0 Å². The van der Waals surface area contributed by atoms with Crippen molar-refractivity contribution in [3.63, 3.8) is 0 Å². The molecule has 0 atom stereocenters. The number of hydrazine groups is 1. The van der Waals surface area contributed by atoms with Crippen LogP contribution in [0.25, 0.3) is 5.70 Å². The highest BCUT2D eigenvalue weighted by molar-refractivity contribution is 5.64.